The van der Waals surface area contributed by atoms with Crippen LogP contribution in [0, 0.1) is 5.41 Å². The van der Waals surface area contributed by atoms with Crippen LogP contribution < -0.4 is 10.2 Å². The van der Waals surface area contributed by atoms with Crippen molar-refractivity contribution in [3.8, 4) is 0 Å². The number of carbonyl (C=O) groups excluding carboxylic acids is 2. The molecule has 120 valence electrons. The highest BCUT2D eigenvalue weighted by Gasteiger charge is 2.28. The standard InChI is InChI=1S/C18H20N2O3/c1-18(2,3)17(22)19-13-7-6-12-8-9-20(14(12)11-13)16(21)15-5-4-10-23-15/h4-7,10-11H,8-9H2,1-3H3,(H,19,22). The molecule has 0 spiro atoms. The number of carbonyl (C=O) groups is 2. The first-order valence-corrected chi connectivity index (χ1v) is 7.66. The summed E-state index contributed by atoms with van der Waals surface area (Å²) in [6, 6.07) is 9.05. The Morgan fingerprint density at radius 1 is 1.22 bits per heavy atom. The Hall–Kier alpha value is -2.56. The number of anilines is 2. The molecule has 1 aromatic carbocycles. The molecular formula is C18H20N2O3. The highest BCUT2D eigenvalue weighted by molar-refractivity contribution is 6.06. The fourth-order valence-corrected chi connectivity index (χ4v) is 2.52. The van der Waals surface area contributed by atoms with Crippen LogP contribution in [0.3, 0.4) is 0 Å². The molecular weight excluding hydrogens is 292 g/mol. The van der Waals surface area contributed by atoms with Gasteiger partial charge in [-0.2, -0.15) is 0 Å². The Bertz CT molecular complexity index is 742. The van der Waals surface area contributed by atoms with E-state index in [-0.39, 0.29) is 11.8 Å². The van der Waals surface area contributed by atoms with Crippen LogP contribution in [-0.2, 0) is 11.2 Å². The second-order valence-corrected chi connectivity index (χ2v) is 6.73. The Labute approximate surface area is 135 Å². The highest BCUT2D eigenvalue weighted by atomic mass is 16.3. The quantitative estimate of drug-likeness (QED) is 0.923. The van der Waals surface area contributed by atoms with Crippen LogP contribution in [0.25, 0.3) is 0 Å². The van der Waals surface area contributed by atoms with Crippen LogP contribution in [-0.4, -0.2) is 18.4 Å². The summed E-state index contributed by atoms with van der Waals surface area (Å²) >= 11 is 0. The first kappa shape index (κ1) is 15.3. The van der Waals surface area contributed by atoms with E-state index in [2.05, 4.69) is 5.32 Å². The first-order chi connectivity index (χ1) is 10.9. The van der Waals surface area contributed by atoms with Crippen LogP contribution >= 0.6 is 0 Å². The van der Waals surface area contributed by atoms with Gasteiger partial charge in [0.1, 0.15) is 0 Å². The fraction of sp³-hybridized carbons (Fsp3) is 0.333. The minimum atomic E-state index is -0.470. The van der Waals surface area contributed by atoms with Gasteiger partial charge in [-0.1, -0.05) is 26.8 Å². The summed E-state index contributed by atoms with van der Waals surface area (Å²) in [5.74, 6) is 0.106. The van der Waals surface area contributed by atoms with Gasteiger partial charge in [-0.25, -0.2) is 0 Å². The summed E-state index contributed by atoms with van der Waals surface area (Å²) in [5, 5.41) is 2.91. The molecule has 1 aliphatic heterocycles. The van der Waals surface area contributed by atoms with Gasteiger partial charge in [0.2, 0.25) is 5.91 Å². The number of nitrogens with zero attached hydrogens (tertiary/aromatic N) is 1. The monoisotopic (exact) mass is 312 g/mol. The van der Waals surface area contributed by atoms with E-state index in [1.165, 1.54) is 6.26 Å². The van der Waals surface area contributed by atoms with Gasteiger partial charge >= 0.3 is 0 Å². The molecule has 5 nitrogen and oxygen atoms in total. The van der Waals surface area contributed by atoms with Crippen molar-refractivity contribution in [2.45, 2.75) is 27.2 Å². The van der Waals surface area contributed by atoms with E-state index in [1.807, 2.05) is 39.0 Å². The molecule has 0 saturated heterocycles. The van der Waals surface area contributed by atoms with Gasteiger partial charge in [0, 0.05) is 23.3 Å². The number of benzene rings is 1. The van der Waals surface area contributed by atoms with Crippen LogP contribution in [0.2, 0.25) is 0 Å². The SMILES string of the molecule is CC(C)(C)C(=O)Nc1ccc2c(c1)N(C(=O)c1ccco1)CC2. The molecule has 0 fully saturated rings. The number of amides is 2. The molecule has 0 unspecified atom stereocenters. The Morgan fingerprint density at radius 2 is 2.00 bits per heavy atom. The summed E-state index contributed by atoms with van der Waals surface area (Å²) in [6.07, 6.45) is 2.29. The molecule has 23 heavy (non-hydrogen) atoms. The molecule has 2 amide bonds. The van der Waals surface area contributed by atoms with Gasteiger partial charge in [0.25, 0.3) is 5.91 Å². The Balaban J connectivity index is 1.86. The predicted octanol–water partition coefficient (Wildman–Crippen LogP) is 3.47. The number of nitrogens with one attached hydrogen (secondary N) is 1. The first-order valence-electron chi connectivity index (χ1n) is 7.66. The van der Waals surface area contributed by atoms with E-state index in [1.54, 1.807) is 17.0 Å². The maximum absolute atomic E-state index is 12.5. The van der Waals surface area contributed by atoms with Crippen molar-refractivity contribution >= 4 is 23.2 Å². The molecule has 0 bridgehead atoms. The lowest BCUT2D eigenvalue weighted by molar-refractivity contribution is -0.123. The summed E-state index contributed by atoms with van der Waals surface area (Å²) < 4.78 is 5.20. The maximum atomic E-state index is 12.5. The van der Waals surface area contributed by atoms with Crippen LogP contribution in [0.5, 0.6) is 0 Å². The van der Waals surface area contributed by atoms with Crippen molar-refractivity contribution < 1.29 is 14.0 Å². The van der Waals surface area contributed by atoms with Gasteiger partial charge in [0.15, 0.2) is 5.76 Å². The van der Waals surface area contributed by atoms with Gasteiger partial charge in [0.05, 0.1) is 6.26 Å². The average molecular weight is 312 g/mol. The molecule has 3 rings (SSSR count). The topological polar surface area (TPSA) is 62.6 Å². The van der Waals surface area contributed by atoms with E-state index >= 15 is 0 Å². The van der Waals surface area contributed by atoms with E-state index in [0.29, 0.717) is 18.0 Å². The molecule has 2 heterocycles. The molecule has 0 saturated carbocycles. The third-order valence-corrected chi connectivity index (χ3v) is 3.90. The second kappa shape index (κ2) is 5.57. The van der Waals surface area contributed by atoms with Gasteiger partial charge in [-0.15, -0.1) is 0 Å². The van der Waals surface area contributed by atoms with E-state index in [0.717, 1.165) is 17.7 Å². The van der Waals surface area contributed by atoms with Crippen molar-refractivity contribution in [1.29, 1.82) is 0 Å². The molecule has 0 radical (unpaired) electrons. The lowest BCUT2D eigenvalue weighted by atomic mass is 9.95. The normalized spacial score (nSPS) is 13.8. The number of fused-ring (bicyclic) bond motifs is 1. The van der Waals surface area contributed by atoms with Crippen molar-refractivity contribution in [2.75, 3.05) is 16.8 Å². The zero-order valence-corrected chi connectivity index (χ0v) is 13.6. The summed E-state index contributed by atoms with van der Waals surface area (Å²) in [5.41, 5.74) is 2.16. The zero-order valence-electron chi connectivity index (χ0n) is 13.6. The van der Waals surface area contributed by atoms with Crippen LogP contribution in [0.1, 0.15) is 36.9 Å². The maximum Gasteiger partial charge on any atom is 0.293 e. The molecule has 2 aromatic rings. The Kier molecular flexibility index (Phi) is 3.72. The minimum absolute atomic E-state index is 0.0561. The van der Waals surface area contributed by atoms with Crippen molar-refractivity contribution in [1.82, 2.24) is 0 Å². The number of rotatable bonds is 2. The number of hydrogen-bond acceptors (Lipinski definition) is 3. The minimum Gasteiger partial charge on any atom is -0.459 e. The summed E-state index contributed by atoms with van der Waals surface area (Å²) in [7, 11) is 0. The van der Waals surface area contributed by atoms with Crippen molar-refractivity contribution in [3.63, 3.8) is 0 Å². The van der Waals surface area contributed by atoms with E-state index in [4.69, 9.17) is 4.42 Å². The number of furan rings is 1. The fourth-order valence-electron chi connectivity index (χ4n) is 2.52. The van der Waals surface area contributed by atoms with E-state index in [9.17, 15) is 9.59 Å². The van der Waals surface area contributed by atoms with Gasteiger partial charge in [-0.3, -0.25) is 9.59 Å². The third kappa shape index (κ3) is 2.99. The second-order valence-electron chi connectivity index (χ2n) is 6.73. The largest absolute Gasteiger partial charge is 0.459 e. The highest BCUT2D eigenvalue weighted by Crippen LogP contribution is 2.32. The summed E-state index contributed by atoms with van der Waals surface area (Å²) in [6.45, 7) is 6.21. The van der Waals surface area contributed by atoms with Crippen molar-refractivity contribution in [3.05, 3.63) is 47.9 Å². The van der Waals surface area contributed by atoms with Gasteiger partial charge in [-0.05, 0) is 36.2 Å². The van der Waals surface area contributed by atoms with Gasteiger partial charge < -0.3 is 14.6 Å². The molecule has 1 aromatic heterocycles. The van der Waals surface area contributed by atoms with E-state index < -0.39 is 5.41 Å². The Morgan fingerprint density at radius 3 is 2.65 bits per heavy atom. The van der Waals surface area contributed by atoms with Crippen LogP contribution in [0.4, 0.5) is 11.4 Å². The molecule has 0 aliphatic carbocycles. The zero-order chi connectivity index (χ0) is 16.6. The molecule has 5 heteroatoms. The van der Waals surface area contributed by atoms with Crippen LogP contribution in [0.15, 0.2) is 41.0 Å². The summed E-state index contributed by atoms with van der Waals surface area (Å²) in [4.78, 5) is 26.3. The smallest absolute Gasteiger partial charge is 0.293 e. The third-order valence-electron chi connectivity index (χ3n) is 3.90. The predicted molar refractivity (Wildman–Crippen MR) is 88.6 cm³/mol. The average Bonchev–Trinajstić information content (AvgIpc) is 3.15. The lowest BCUT2D eigenvalue weighted by Gasteiger charge is -2.20. The lowest BCUT2D eigenvalue weighted by Crippen LogP contribution is -2.29. The molecule has 1 aliphatic rings. The molecule has 1 N–H and O–H groups in total. The molecule has 0 atom stereocenters. The van der Waals surface area contributed by atoms with Crippen molar-refractivity contribution in [2.24, 2.45) is 5.41 Å². The number of hydrogen-bond donors (Lipinski definition) is 1.